The average Bonchev–Trinajstić information content (AvgIpc) is 2.93. The smallest absolute Gasteiger partial charge is 0.246 e. The third-order valence-electron chi connectivity index (χ3n) is 3.42. The summed E-state index contributed by atoms with van der Waals surface area (Å²) in [6, 6.07) is 11.1. The molecule has 22 heavy (non-hydrogen) atoms. The fourth-order valence-electron chi connectivity index (χ4n) is 2.25. The van der Waals surface area contributed by atoms with Crippen LogP contribution in [0.25, 0.3) is 0 Å². The lowest BCUT2D eigenvalue weighted by atomic mass is 10.1. The number of aryl methyl sites for hydroxylation is 1. The second kappa shape index (κ2) is 7.61. The van der Waals surface area contributed by atoms with E-state index in [9.17, 15) is 9.90 Å². The lowest BCUT2D eigenvalue weighted by Crippen LogP contribution is -2.42. The van der Waals surface area contributed by atoms with Gasteiger partial charge in [-0.2, -0.15) is 0 Å². The van der Waals surface area contributed by atoms with Crippen molar-refractivity contribution in [2.45, 2.75) is 26.3 Å². The van der Waals surface area contributed by atoms with E-state index in [1.165, 1.54) is 0 Å². The van der Waals surface area contributed by atoms with E-state index in [0.717, 1.165) is 12.1 Å². The van der Waals surface area contributed by atoms with Crippen molar-refractivity contribution in [3.05, 3.63) is 42.1 Å². The fourth-order valence-corrected chi connectivity index (χ4v) is 2.25. The molecule has 0 aliphatic carbocycles. The maximum absolute atomic E-state index is 12.2. The fraction of sp³-hybridized carbons (Fsp3) is 0.375. The standard InChI is InChI=1S/C16H21N3O3/c1-3-13(11-20)19(14-7-5-4-6-8-14)10-15(21)17-16-9-12(2)18-22-16/h4-9,13,20H,3,10-11H2,1-2H3,(H,17,21). The molecule has 0 bridgehead atoms. The Hall–Kier alpha value is -2.34. The normalized spacial score (nSPS) is 12.0. The van der Waals surface area contributed by atoms with Crippen molar-refractivity contribution in [1.29, 1.82) is 0 Å². The summed E-state index contributed by atoms with van der Waals surface area (Å²) in [6.45, 7) is 3.88. The molecule has 2 N–H and O–H groups in total. The van der Waals surface area contributed by atoms with Gasteiger partial charge in [0.25, 0.3) is 0 Å². The number of rotatable bonds is 7. The Balaban J connectivity index is 2.10. The Bertz CT molecular complexity index is 594. The number of amides is 1. The van der Waals surface area contributed by atoms with Crippen molar-refractivity contribution >= 4 is 17.5 Å². The number of anilines is 2. The SMILES string of the molecule is CCC(CO)N(CC(=O)Nc1cc(C)no1)c1ccccc1. The number of hydrogen-bond acceptors (Lipinski definition) is 5. The first-order valence-corrected chi connectivity index (χ1v) is 7.29. The molecule has 2 aromatic rings. The predicted molar refractivity (Wildman–Crippen MR) is 84.8 cm³/mol. The van der Waals surface area contributed by atoms with Crippen LogP contribution in [0.2, 0.25) is 0 Å². The Morgan fingerprint density at radius 2 is 2.14 bits per heavy atom. The molecule has 1 atom stereocenters. The van der Waals surface area contributed by atoms with Gasteiger partial charge >= 0.3 is 0 Å². The molecule has 1 aromatic carbocycles. The van der Waals surface area contributed by atoms with E-state index in [0.29, 0.717) is 11.6 Å². The summed E-state index contributed by atoms with van der Waals surface area (Å²) in [7, 11) is 0. The number of carbonyl (C=O) groups is 1. The van der Waals surface area contributed by atoms with Gasteiger partial charge in [-0.05, 0) is 25.5 Å². The molecule has 0 spiro atoms. The molecular weight excluding hydrogens is 282 g/mol. The first-order chi connectivity index (χ1) is 10.6. The van der Waals surface area contributed by atoms with Crippen molar-refractivity contribution < 1.29 is 14.4 Å². The number of carbonyl (C=O) groups excluding carboxylic acids is 1. The monoisotopic (exact) mass is 303 g/mol. The Morgan fingerprint density at radius 3 is 2.68 bits per heavy atom. The first-order valence-electron chi connectivity index (χ1n) is 7.29. The number of hydrogen-bond donors (Lipinski definition) is 2. The Morgan fingerprint density at radius 1 is 1.41 bits per heavy atom. The maximum Gasteiger partial charge on any atom is 0.246 e. The van der Waals surface area contributed by atoms with Gasteiger partial charge in [0.2, 0.25) is 11.8 Å². The molecule has 0 radical (unpaired) electrons. The lowest BCUT2D eigenvalue weighted by Gasteiger charge is -2.31. The van der Waals surface area contributed by atoms with Crippen LogP contribution >= 0.6 is 0 Å². The third-order valence-corrected chi connectivity index (χ3v) is 3.42. The Kier molecular flexibility index (Phi) is 5.55. The molecule has 1 unspecified atom stereocenters. The van der Waals surface area contributed by atoms with Crippen LogP contribution in [0, 0.1) is 6.92 Å². The summed E-state index contributed by atoms with van der Waals surface area (Å²) < 4.78 is 4.99. The number of para-hydroxylation sites is 1. The van der Waals surface area contributed by atoms with E-state index < -0.39 is 0 Å². The Labute approximate surface area is 129 Å². The quantitative estimate of drug-likeness (QED) is 0.820. The molecule has 0 saturated heterocycles. The predicted octanol–water partition coefficient (Wildman–Crippen LogP) is 2.20. The van der Waals surface area contributed by atoms with E-state index in [1.807, 2.05) is 42.2 Å². The molecule has 118 valence electrons. The minimum Gasteiger partial charge on any atom is -0.394 e. The molecule has 1 heterocycles. The number of aliphatic hydroxyl groups is 1. The number of benzene rings is 1. The van der Waals surface area contributed by atoms with E-state index in [1.54, 1.807) is 13.0 Å². The first kappa shape index (κ1) is 16.0. The van der Waals surface area contributed by atoms with Gasteiger partial charge in [-0.1, -0.05) is 30.3 Å². The number of nitrogens with one attached hydrogen (secondary N) is 1. The number of aromatic nitrogens is 1. The molecule has 0 saturated carbocycles. The van der Waals surface area contributed by atoms with Crippen LogP contribution < -0.4 is 10.2 Å². The summed E-state index contributed by atoms with van der Waals surface area (Å²) in [5.41, 5.74) is 1.60. The largest absolute Gasteiger partial charge is 0.394 e. The van der Waals surface area contributed by atoms with Crippen LogP contribution in [0.15, 0.2) is 40.9 Å². The highest BCUT2D eigenvalue weighted by Crippen LogP contribution is 2.18. The van der Waals surface area contributed by atoms with Gasteiger partial charge < -0.3 is 14.5 Å². The zero-order valence-corrected chi connectivity index (χ0v) is 12.8. The summed E-state index contributed by atoms with van der Waals surface area (Å²) in [4.78, 5) is 14.1. The lowest BCUT2D eigenvalue weighted by molar-refractivity contribution is -0.115. The van der Waals surface area contributed by atoms with Crippen molar-refractivity contribution in [1.82, 2.24) is 5.16 Å². The van der Waals surface area contributed by atoms with Gasteiger partial charge in [-0.25, -0.2) is 0 Å². The molecule has 2 rings (SSSR count). The molecule has 1 amide bonds. The zero-order valence-electron chi connectivity index (χ0n) is 12.8. The zero-order chi connectivity index (χ0) is 15.9. The van der Waals surface area contributed by atoms with E-state index in [-0.39, 0.29) is 25.1 Å². The molecule has 0 fully saturated rings. The van der Waals surface area contributed by atoms with Crippen LogP contribution in [-0.2, 0) is 4.79 Å². The summed E-state index contributed by atoms with van der Waals surface area (Å²) in [6.07, 6.45) is 0.736. The maximum atomic E-state index is 12.2. The highest BCUT2D eigenvalue weighted by Gasteiger charge is 2.20. The highest BCUT2D eigenvalue weighted by atomic mass is 16.5. The van der Waals surface area contributed by atoms with E-state index in [2.05, 4.69) is 10.5 Å². The van der Waals surface area contributed by atoms with Gasteiger partial charge in [0.1, 0.15) is 0 Å². The van der Waals surface area contributed by atoms with Gasteiger partial charge in [-0.3, -0.25) is 10.1 Å². The minimum absolute atomic E-state index is 0.0138. The van der Waals surface area contributed by atoms with Crippen LogP contribution in [0.3, 0.4) is 0 Å². The van der Waals surface area contributed by atoms with E-state index >= 15 is 0 Å². The summed E-state index contributed by atoms with van der Waals surface area (Å²) in [5.74, 6) is 0.111. The summed E-state index contributed by atoms with van der Waals surface area (Å²) in [5, 5.41) is 16.0. The molecule has 6 heteroatoms. The van der Waals surface area contributed by atoms with Crippen molar-refractivity contribution in [3.8, 4) is 0 Å². The number of aliphatic hydroxyl groups excluding tert-OH is 1. The molecule has 1 aromatic heterocycles. The molecule has 0 aliphatic rings. The van der Waals surface area contributed by atoms with Crippen molar-refractivity contribution in [2.24, 2.45) is 0 Å². The average molecular weight is 303 g/mol. The minimum atomic E-state index is -0.216. The topological polar surface area (TPSA) is 78.6 Å². The summed E-state index contributed by atoms with van der Waals surface area (Å²) >= 11 is 0. The van der Waals surface area contributed by atoms with Crippen LogP contribution in [0.1, 0.15) is 19.0 Å². The number of nitrogens with zero attached hydrogens (tertiary/aromatic N) is 2. The van der Waals surface area contributed by atoms with Gasteiger partial charge in [-0.15, -0.1) is 0 Å². The van der Waals surface area contributed by atoms with E-state index in [4.69, 9.17) is 4.52 Å². The van der Waals surface area contributed by atoms with Crippen LogP contribution in [-0.4, -0.2) is 35.4 Å². The van der Waals surface area contributed by atoms with Gasteiger partial charge in [0.05, 0.1) is 24.9 Å². The van der Waals surface area contributed by atoms with Crippen molar-refractivity contribution in [2.75, 3.05) is 23.4 Å². The van der Waals surface area contributed by atoms with Crippen molar-refractivity contribution in [3.63, 3.8) is 0 Å². The second-order valence-electron chi connectivity index (χ2n) is 5.09. The van der Waals surface area contributed by atoms with Crippen LogP contribution in [0.5, 0.6) is 0 Å². The highest BCUT2D eigenvalue weighted by molar-refractivity contribution is 5.93. The molecular formula is C16H21N3O3. The molecule has 6 nitrogen and oxygen atoms in total. The molecule has 0 aliphatic heterocycles. The van der Waals surface area contributed by atoms with Crippen LogP contribution in [0.4, 0.5) is 11.6 Å². The van der Waals surface area contributed by atoms with Gasteiger partial charge in [0, 0.05) is 11.8 Å². The second-order valence-corrected chi connectivity index (χ2v) is 5.09. The van der Waals surface area contributed by atoms with Gasteiger partial charge in [0.15, 0.2) is 0 Å². The third kappa shape index (κ3) is 4.08.